The van der Waals surface area contributed by atoms with Gasteiger partial charge in [0.05, 0.1) is 14.2 Å². The molecule has 8 unspecified atom stereocenters. The molecule has 5 rings (SSSR count). The van der Waals surface area contributed by atoms with Crippen molar-refractivity contribution in [2.75, 3.05) is 14.2 Å². The Labute approximate surface area is 255 Å². The highest BCUT2D eigenvalue weighted by Gasteiger charge is 2.59. The van der Waals surface area contributed by atoms with Crippen LogP contribution in [0.15, 0.2) is 35.9 Å². The second-order valence-electron chi connectivity index (χ2n) is 15.0. The molecule has 8 atom stereocenters. The molecular weight excluding hydrogens is 520 g/mol. The minimum Gasteiger partial charge on any atom is -0.493 e. The van der Waals surface area contributed by atoms with Gasteiger partial charge in [0.1, 0.15) is 6.10 Å². The van der Waals surface area contributed by atoms with Crippen LogP contribution in [0.1, 0.15) is 111 Å². The Morgan fingerprint density at radius 1 is 0.976 bits per heavy atom. The first kappa shape index (κ1) is 31.2. The molecule has 3 fully saturated rings. The average molecular weight is 577 g/mol. The van der Waals surface area contributed by atoms with E-state index in [1.807, 2.05) is 18.2 Å². The molecule has 0 spiro atoms. The summed E-state index contributed by atoms with van der Waals surface area (Å²) in [6, 6.07) is 5.63. The molecule has 232 valence electrons. The summed E-state index contributed by atoms with van der Waals surface area (Å²) < 4.78 is 16.7. The van der Waals surface area contributed by atoms with Gasteiger partial charge in [-0.2, -0.15) is 0 Å². The van der Waals surface area contributed by atoms with E-state index in [2.05, 4.69) is 40.7 Å². The van der Waals surface area contributed by atoms with Gasteiger partial charge in [0.2, 0.25) is 0 Å². The maximum absolute atomic E-state index is 12.8. The van der Waals surface area contributed by atoms with Gasteiger partial charge in [0, 0.05) is 12.5 Å². The van der Waals surface area contributed by atoms with Crippen molar-refractivity contribution in [1.82, 2.24) is 0 Å². The number of rotatable bonds is 10. The van der Waals surface area contributed by atoms with Crippen molar-refractivity contribution in [3.63, 3.8) is 0 Å². The van der Waals surface area contributed by atoms with E-state index < -0.39 is 0 Å². The Bertz CT molecular complexity index is 1170. The molecule has 4 aliphatic rings. The van der Waals surface area contributed by atoms with Crippen LogP contribution in [0.2, 0.25) is 0 Å². The summed E-state index contributed by atoms with van der Waals surface area (Å²) in [5.41, 5.74) is 3.23. The fourth-order valence-corrected chi connectivity index (χ4v) is 10.1. The van der Waals surface area contributed by atoms with Crippen molar-refractivity contribution in [2.24, 2.45) is 46.3 Å². The van der Waals surface area contributed by atoms with Gasteiger partial charge in [-0.05, 0) is 115 Å². The molecule has 0 bridgehead atoms. The molecule has 4 aliphatic carbocycles. The number of fused-ring (bicyclic) bond motifs is 5. The van der Waals surface area contributed by atoms with Crippen LogP contribution < -0.4 is 9.47 Å². The van der Waals surface area contributed by atoms with Gasteiger partial charge in [-0.15, -0.1) is 0 Å². The zero-order valence-electron chi connectivity index (χ0n) is 27.4. The summed E-state index contributed by atoms with van der Waals surface area (Å²) in [5.74, 6) is 6.12. The Hall–Kier alpha value is -2.23. The van der Waals surface area contributed by atoms with E-state index in [4.69, 9.17) is 14.2 Å². The summed E-state index contributed by atoms with van der Waals surface area (Å²) in [4.78, 5) is 12.8. The van der Waals surface area contributed by atoms with Gasteiger partial charge < -0.3 is 14.2 Å². The van der Waals surface area contributed by atoms with Crippen LogP contribution in [0.25, 0.3) is 6.08 Å². The first-order valence-corrected chi connectivity index (χ1v) is 16.9. The van der Waals surface area contributed by atoms with E-state index in [-0.39, 0.29) is 17.5 Å². The fourth-order valence-electron chi connectivity index (χ4n) is 10.1. The minimum atomic E-state index is -0.263. The molecule has 42 heavy (non-hydrogen) atoms. The highest BCUT2D eigenvalue weighted by atomic mass is 16.5. The SMILES string of the molecule is COc1ccc(C=CC(=O)OC2CCC3(C)C(=CCC4C3CCC3(C)C(C(C)CCCC(C)C)CCC43)C2)cc1OC. The van der Waals surface area contributed by atoms with Gasteiger partial charge in [0.25, 0.3) is 0 Å². The van der Waals surface area contributed by atoms with E-state index in [1.165, 1.54) is 51.4 Å². The number of allylic oxidation sites excluding steroid dienone is 1. The number of methoxy groups -OCH3 is 2. The predicted octanol–water partition coefficient (Wildman–Crippen LogP) is 9.67. The quantitative estimate of drug-likeness (QED) is 0.158. The molecule has 4 nitrogen and oxygen atoms in total. The second-order valence-corrected chi connectivity index (χ2v) is 15.0. The maximum atomic E-state index is 12.8. The van der Waals surface area contributed by atoms with Crippen LogP contribution >= 0.6 is 0 Å². The second kappa shape index (κ2) is 12.8. The summed E-state index contributed by atoms with van der Waals surface area (Å²) in [6.07, 6.45) is 19.9. The maximum Gasteiger partial charge on any atom is 0.331 e. The minimum absolute atomic E-state index is 0.0279. The third-order valence-corrected chi connectivity index (χ3v) is 12.4. The molecule has 4 heteroatoms. The van der Waals surface area contributed by atoms with Crippen molar-refractivity contribution in [3.8, 4) is 11.5 Å². The van der Waals surface area contributed by atoms with Gasteiger partial charge in [-0.25, -0.2) is 4.79 Å². The zero-order valence-corrected chi connectivity index (χ0v) is 27.4. The molecular formula is C38H56O4. The molecule has 0 radical (unpaired) electrons. The fraction of sp³-hybridized carbons (Fsp3) is 0.711. The van der Waals surface area contributed by atoms with E-state index in [0.29, 0.717) is 16.9 Å². The average Bonchev–Trinajstić information content (AvgIpc) is 3.33. The van der Waals surface area contributed by atoms with Crippen molar-refractivity contribution < 1.29 is 19.0 Å². The summed E-state index contributed by atoms with van der Waals surface area (Å²) in [5, 5.41) is 0. The van der Waals surface area contributed by atoms with Crippen molar-refractivity contribution in [1.29, 1.82) is 0 Å². The Kier molecular flexibility index (Phi) is 9.50. The molecule has 0 N–H and O–H groups in total. The van der Waals surface area contributed by atoms with Gasteiger partial charge in [0.15, 0.2) is 11.5 Å². The third kappa shape index (κ3) is 6.06. The van der Waals surface area contributed by atoms with Crippen molar-refractivity contribution in [2.45, 2.75) is 111 Å². The van der Waals surface area contributed by atoms with Crippen LogP contribution in [0.3, 0.4) is 0 Å². The number of esters is 1. The summed E-state index contributed by atoms with van der Waals surface area (Å²) >= 11 is 0. The van der Waals surface area contributed by atoms with Gasteiger partial charge >= 0.3 is 5.97 Å². The molecule has 1 aromatic rings. The Morgan fingerprint density at radius 3 is 2.50 bits per heavy atom. The van der Waals surface area contributed by atoms with Gasteiger partial charge in [-0.3, -0.25) is 0 Å². The van der Waals surface area contributed by atoms with Crippen molar-refractivity contribution in [3.05, 3.63) is 41.5 Å². The Balaban J connectivity index is 1.20. The third-order valence-electron chi connectivity index (χ3n) is 12.4. The smallest absolute Gasteiger partial charge is 0.331 e. The lowest BCUT2D eigenvalue weighted by molar-refractivity contribution is -0.145. The summed E-state index contributed by atoms with van der Waals surface area (Å²) in [7, 11) is 3.24. The number of ether oxygens (including phenoxy) is 3. The largest absolute Gasteiger partial charge is 0.493 e. The molecule has 3 saturated carbocycles. The predicted molar refractivity (Wildman–Crippen MR) is 172 cm³/mol. The normalized spacial score (nSPS) is 34.8. The number of hydrogen-bond donors (Lipinski definition) is 0. The van der Waals surface area contributed by atoms with Crippen molar-refractivity contribution >= 4 is 12.0 Å². The van der Waals surface area contributed by atoms with E-state index in [9.17, 15) is 4.79 Å². The first-order chi connectivity index (χ1) is 20.1. The number of carbonyl (C=O) groups is 1. The van der Waals surface area contributed by atoms with Crippen LogP contribution in [0, 0.1) is 46.3 Å². The monoisotopic (exact) mass is 576 g/mol. The molecule has 0 saturated heterocycles. The lowest BCUT2D eigenvalue weighted by Gasteiger charge is -2.58. The van der Waals surface area contributed by atoms with Crippen LogP contribution in [-0.4, -0.2) is 26.3 Å². The number of benzene rings is 1. The molecule has 0 heterocycles. The summed E-state index contributed by atoms with van der Waals surface area (Å²) in [6.45, 7) is 12.5. The van der Waals surface area contributed by atoms with Gasteiger partial charge in [-0.1, -0.05) is 71.6 Å². The van der Waals surface area contributed by atoms with Crippen LogP contribution in [-0.2, 0) is 9.53 Å². The zero-order chi connectivity index (χ0) is 30.1. The first-order valence-electron chi connectivity index (χ1n) is 16.9. The topological polar surface area (TPSA) is 44.8 Å². The van der Waals surface area contributed by atoms with E-state index in [0.717, 1.165) is 60.3 Å². The number of hydrogen-bond acceptors (Lipinski definition) is 4. The van der Waals surface area contributed by atoms with Crippen LogP contribution in [0.4, 0.5) is 0 Å². The standard InChI is InChI=1S/C38H56O4/c1-25(2)9-8-10-26(3)31-15-16-32-30-14-13-28-24-29(19-21-37(28,4)33(30)20-22-38(31,32)5)42-36(39)18-12-27-11-17-34(40-6)35(23-27)41-7/h11-13,17-18,23,25-26,29-33H,8-10,14-16,19-22,24H2,1-7H3. The molecule has 0 aromatic heterocycles. The molecule has 1 aromatic carbocycles. The van der Waals surface area contributed by atoms with Crippen LogP contribution in [0.5, 0.6) is 11.5 Å². The number of carbonyl (C=O) groups excluding carboxylic acids is 1. The lowest BCUT2D eigenvalue weighted by Crippen LogP contribution is -2.51. The Morgan fingerprint density at radius 2 is 1.76 bits per heavy atom. The highest BCUT2D eigenvalue weighted by molar-refractivity contribution is 5.87. The lowest BCUT2D eigenvalue weighted by atomic mass is 9.47. The van der Waals surface area contributed by atoms with E-state index >= 15 is 0 Å². The molecule has 0 amide bonds. The molecule has 0 aliphatic heterocycles. The highest BCUT2D eigenvalue weighted by Crippen LogP contribution is 2.67. The van der Waals surface area contributed by atoms with E-state index in [1.54, 1.807) is 31.9 Å².